The second-order valence-electron chi connectivity index (χ2n) is 6.08. The molecule has 3 rings (SSSR count). The Balaban J connectivity index is 1.67. The van der Waals surface area contributed by atoms with Crippen LogP contribution in [-0.2, 0) is 16.0 Å². The molecule has 126 valence electrons. The monoisotopic (exact) mass is 337 g/mol. The Morgan fingerprint density at radius 3 is 2.91 bits per heavy atom. The molecule has 0 amide bonds. The molecule has 0 N–H and O–H groups in total. The standard InChI is InChI=1S/C15H23N5O2S/c1-4-15(10-22-11-15)9-20-7-12(17-18-20)13-8-23-14(16-13)19(2)5-6-21-3/h7-8H,4-6,9-11H2,1-3H3. The highest BCUT2D eigenvalue weighted by atomic mass is 32.1. The number of methoxy groups -OCH3 is 1. The van der Waals surface area contributed by atoms with E-state index < -0.39 is 0 Å². The van der Waals surface area contributed by atoms with Gasteiger partial charge in [-0.05, 0) is 6.42 Å². The van der Waals surface area contributed by atoms with E-state index in [1.807, 2.05) is 23.3 Å². The molecular formula is C15H23N5O2S. The Bertz CT molecular complexity index is 632. The molecule has 2 aromatic rings. The summed E-state index contributed by atoms with van der Waals surface area (Å²) < 4.78 is 12.4. The number of likely N-dealkylation sites (N-methyl/N-ethyl adjacent to an activating group) is 1. The van der Waals surface area contributed by atoms with Gasteiger partial charge in [0.1, 0.15) is 11.4 Å². The second-order valence-corrected chi connectivity index (χ2v) is 6.91. The van der Waals surface area contributed by atoms with Crippen molar-refractivity contribution in [2.45, 2.75) is 19.9 Å². The molecule has 2 aromatic heterocycles. The van der Waals surface area contributed by atoms with E-state index in [0.29, 0.717) is 6.61 Å². The lowest BCUT2D eigenvalue weighted by atomic mass is 9.83. The zero-order valence-electron chi connectivity index (χ0n) is 13.9. The van der Waals surface area contributed by atoms with E-state index in [2.05, 4.69) is 27.1 Å². The minimum Gasteiger partial charge on any atom is -0.383 e. The molecule has 1 saturated heterocycles. The van der Waals surface area contributed by atoms with Crippen LogP contribution in [0.15, 0.2) is 11.6 Å². The van der Waals surface area contributed by atoms with Crippen molar-refractivity contribution in [2.24, 2.45) is 5.41 Å². The van der Waals surface area contributed by atoms with E-state index in [0.717, 1.165) is 49.2 Å². The maximum Gasteiger partial charge on any atom is 0.185 e. The first-order chi connectivity index (χ1) is 11.2. The summed E-state index contributed by atoms with van der Waals surface area (Å²) in [6, 6.07) is 0. The molecule has 1 aliphatic heterocycles. The van der Waals surface area contributed by atoms with Crippen molar-refractivity contribution < 1.29 is 9.47 Å². The van der Waals surface area contributed by atoms with Crippen molar-refractivity contribution in [3.63, 3.8) is 0 Å². The van der Waals surface area contributed by atoms with Crippen molar-refractivity contribution >= 4 is 16.5 Å². The highest BCUT2D eigenvalue weighted by Crippen LogP contribution is 2.33. The Hall–Kier alpha value is -1.51. The third-order valence-corrected chi connectivity index (χ3v) is 5.27. The molecule has 8 heteroatoms. The summed E-state index contributed by atoms with van der Waals surface area (Å²) in [6.45, 7) is 6.16. The first kappa shape index (κ1) is 16.4. The lowest BCUT2D eigenvalue weighted by Gasteiger charge is -2.40. The number of nitrogens with zero attached hydrogens (tertiary/aromatic N) is 5. The maximum absolute atomic E-state index is 5.37. The van der Waals surface area contributed by atoms with Gasteiger partial charge in [-0.2, -0.15) is 0 Å². The fourth-order valence-corrected chi connectivity index (χ4v) is 3.33. The molecule has 1 aliphatic rings. The SMILES string of the molecule is CCC1(Cn2cc(-c3csc(N(C)CCOC)n3)nn2)COC1. The maximum atomic E-state index is 5.37. The molecule has 0 aliphatic carbocycles. The van der Waals surface area contributed by atoms with Gasteiger partial charge in [0.25, 0.3) is 0 Å². The van der Waals surface area contributed by atoms with Gasteiger partial charge in [0.15, 0.2) is 5.13 Å². The molecule has 0 unspecified atom stereocenters. The molecule has 3 heterocycles. The van der Waals surface area contributed by atoms with Gasteiger partial charge < -0.3 is 14.4 Å². The molecule has 1 fully saturated rings. The minimum atomic E-state index is 0.221. The van der Waals surface area contributed by atoms with Crippen LogP contribution in [0.1, 0.15) is 13.3 Å². The number of aromatic nitrogens is 4. The molecule has 0 bridgehead atoms. The van der Waals surface area contributed by atoms with Crippen LogP contribution in [0.5, 0.6) is 0 Å². The molecule has 0 spiro atoms. The van der Waals surface area contributed by atoms with Crippen LogP contribution in [0.2, 0.25) is 0 Å². The summed E-state index contributed by atoms with van der Waals surface area (Å²) in [5.74, 6) is 0. The van der Waals surface area contributed by atoms with Gasteiger partial charge in [-0.3, -0.25) is 4.68 Å². The third-order valence-electron chi connectivity index (χ3n) is 4.31. The smallest absolute Gasteiger partial charge is 0.185 e. The van der Waals surface area contributed by atoms with Crippen molar-refractivity contribution in [2.75, 3.05) is 45.4 Å². The van der Waals surface area contributed by atoms with Crippen LogP contribution in [0.3, 0.4) is 0 Å². The van der Waals surface area contributed by atoms with Gasteiger partial charge >= 0.3 is 0 Å². The highest BCUT2D eigenvalue weighted by Gasteiger charge is 2.37. The van der Waals surface area contributed by atoms with E-state index in [9.17, 15) is 0 Å². The van der Waals surface area contributed by atoms with Crippen molar-refractivity contribution in [3.8, 4) is 11.4 Å². The predicted molar refractivity (Wildman–Crippen MR) is 89.8 cm³/mol. The van der Waals surface area contributed by atoms with Gasteiger partial charge in [0.2, 0.25) is 0 Å². The first-order valence-electron chi connectivity index (χ1n) is 7.80. The lowest BCUT2D eigenvalue weighted by molar-refractivity contribution is -0.125. The van der Waals surface area contributed by atoms with Crippen molar-refractivity contribution in [3.05, 3.63) is 11.6 Å². The minimum absolute atomic E-state index is 0.221. The summed E-state index contributed by atoms with van der Waals surface area (Å²) >= 11 is 1.61. The molecule has 0 radical (unpaired) electrons. The Morgan fingerprint density at radius 1 is 1.43 bits per heavy atom. The van der Waals surface area contributed by atoms with Gasteiger partial charge in [-0.1, -0.05) is 12.1 Å². The predicted octanol–water partition coefficient (Wildman–Crippen LogP) is 1.91. The van der Waals surface area contributed by atoms with Crippen LogP contribution < -0.4 is 4.90 Å². The summed E-state index contributed by atoms with van der Waals surface area (Å²) in [5, 5.41) is 11.5. The second kappa shape index (κ2) is 6.94. The number of thiazole rings is 1. The molecule has 0 aromatic carbocycles. The average molecular weight is 337 g/mol. The van der Waals surface area contributed by atoms with Crippen LogP contribution in [-0.4, -0.2) is 60.5 Å². The zero-order valence-corrected chi connectivity index (χ0v) is 14.7. The van der Waals surface area contributed by atoms with Crippen LogP contribution in [0.4, 0.5) is 5.13 Å². The quantitative estimate of drug-likeness (QED) is 0.733. The Morgan fingerprint density at radius 2 is 2.26 bits per heavy atom. The number of hydrogen-bond donors (Lipinski definition) is 0. The lowest BCUT2D eigenvalue weighted by Crippen LogP contribution is -2.45. The van der Waals surface area contributed by atoms with Gasteiger partial charge in [-0.15, -0.1) is 16.4 Å². The summed E-state index contributed by atoms with van der Waals surface area (Å²) in [4.78, 5) is 6.73. The molecule has 0 atom stereocenters. The normalized spacial score (nSPS) is 16.3. The number of rotatable bonds is 8. The van der Waals surface area contributed by atoms with E-state index in [-0.39, 0.29) is 5.41 Å². The van der Waals surface area contributed by atoms with E-state index in [1.54, 1.807) is 18.4 Å². The highest BCUT2D eigenvalue weighted by molar-refractivity contribution is 7.14. The fourth-order valence-electron chi connectivity index (χ4n) is 2.52. The number of ether oxygens (including phenoxy) is 2. The topological polar surface area (TPSA) is 65.3 Å². The van der Waals surface area contributed by atoms with Gasteiger partial charge in [0.05, 0.1) is 32.6 Å². The number of anilines is 1. The number of hydrogen-bond acceptors (Lipinski definition) is 7. The van der Waals surface area contributed by atoms with Crippen LogP contribution in [0, 0.1) is 5.41 Å². The average Bonchev–Trinajstić information content (AvgIpc) is 3.17. The Labute approximate surface area is 140 Å². The summed E-state index contributed by atoms with van der Waals surface area (Å²) in [7, 11) is 3.72. The van der Waals surface area contributed by atoms with Gasteiger partial charge in [0, 0.05) is 31.5 Å². The largest absolute Gasteiger partial charge is 0.383 e. The van der Waals surface area contributed by atoms with Gasteiger partial charge in [-0.25, -0.2) is 4.98 Å². The van der Waals surface area contributed by atoms with Crippen LogP contribution in [0.25, 0.3) is 11.4 Å². The summed E-state index contributed by atoms with van der Waals surface area (Å²) in [6.07, 6.45) is 3.07. The fraction of sp³-hybridized carbons (Fsp3) is 0.667. The summed E-state index contributed by atoms with van der Waals surface area (Å²) in [5.41, 5.74) is 1.91. The van der Waals surface area contributed by atoms with Crippen molar-refractivity contribution in [1.82, 2.24) is 20.0 Å². The van der Waals surface area contributed by atoms with Crippen molar-refractivity contribution in [1.29, 1.82) is 0 Å². The molecule has 23 heavy (non-hydrogen) atoms. The third kappa shape index (κ3) is 3.54. The Kier molecular flexibility index (Phi) is 4.93. The zero-order chi connectivity index (χ0) is 16.3. The van der Waals surface area contributed by atoms with E-state index in [4.69, 9.17) is 9.47 Å². The molecular weight excluding hydrogens is 314 g/mol. The molecule has 7 nitrogen and oxygen atoms in total. The van der Waals surface area contributed by atoms with E-state index in [1.165, 1.54) is 0 Å². The molecule has 0 saturated carbocycles. The van der Waals surface area contributed by atoms with Crippen LogP contribution >= 0.6 is 11.3 Å². The first-order valence-corrected chi connectivity index (χ1v) is 8.67. The van der Waals surface area contributed by atoms with E-state index >= 15 is 0 Å².